The van der Waals surface area contributed by atoms with Crippen molar-refractivity contribution in [2.24, 2.45) is 7.05 Å². The fourth-order valence-corrected chi connectivity index (χ4v) is 4.17. The predicted octanol–water partition coefficient (Wildman–Crippen LogP) is 3.01. The van der Waals surface area contributed by atoms with Crippen LogP contribution in [0.25, 0.3) is 0 Å². The summed E-state index contributed by atoms with van der Waals surface area (Å²) in [5.41, 5.74) is 3.58. The normalized spacial score (nSPS) is 17.7. The molecule has 1 saturated carbocycles. The molecule has 1 atom stereocenters. The first-order chi connectivity index (χ1) is 12.5. The second-order valence-electron chi connectivity index (χ2n) is 7.60. The molecule has 5 heteroatoms. The van der Waals surface area contributed by atoms with Gasteiger partial charge in [-0.25, -0.2) is 0 Å². The summed E-state index contributed by atoms with van der Waals surface area (Å²) in [6, 6.07) is 8.41. The smallest absolute Gasteiger partial charge is 0.241 e. The van der Waals surface area contributed by atoms with E-state index in [2.05, 4.69) is 46.9 Å². The molecule has 140 valence electrons. The molecule has 0 spiro atoms. The van der Waals surface area contributed by atoms with E-state index in [1.807, 2.05) is 20.3 Å². The molecule has 3 rings (SSSR count). The molecular weight excluding hydrogens is 324 g/mol. The molecule has 0 radical (unpaired) electrons. The molecule has 0 aliphatic heterocycles. The minimum atomic E-state index is -0.373. The van der Waals surface area contributed by atoms with E-state index in [1.54, 1.807) is 10.9 Å². The summed E-state index contributed by atoms with van der Waals surface area (Å²) in [6.07, 6.45) is 9.64. The average Bonchev–Trinajstić information content (AvgIpc) is 3.07. The van der Waals surface area contributed by atoms with Gasteiger partial charge in [-0.2, -0.15) is 5.10 Å². The summed E-state index contributed by atoms with van der Waals surface area (Å²) in [5.74, 6) is 0.0121. The van der Waals surface area contributed by atoms with Crippen LogP contribution in [0.4, 0.5) is 0 Å². The maximum Gasteiger partial charge on any atom is 0.241 e. The van der Waals surface area contributed by atoms with E-state index in [4.69, 9.17) is 0 Å². The van der Waals surface area contributed by atoms with E-state index in [0.717, 1.165) is 18.4 Å². The largest absolute Gasteiger partial charge is 0.354 e. The SMILES string of the molecule is CNC(C(=O)NCC1(c2cccc(C)c2)CCCCC1)c1cnn(C)c1. The van der Waals surface area contributed by atoms with Crippen LogP contribution in [-0.2, 0) is 17.3 Å². The summed E-state index contributed by atoms with van der Waals surface area (Å²) in [7, 11) is 3.68. The molecule has 1 aliphatic rings. The highest BCUT2D eigenvalue weighted by Crippen LogP contribution is 2.39. The molecule has 2 N–H and O–H groups in total. The lowest BCUT2D eigenvalue weighted by Crippen LogP contribution is -2.45. The van der Waals surface area contributed by atoms with E-state index in [-0.39, 0.29) is 17.4 Å². The van der Waals surface area contributed by atoms with Crippen LogP contribution >= 0.6 is 0 Å². The van der Waals surface area contributed by atoms with Crippen LogP contribution in [0.15, 0.2) is 36.7 Å². The molecule has 0 saturated heterocycles. The number of nitrogens with zero attached hydrogens (tertiary/aromatic N) is 2. The van der Waals surface area contributed by atoms with Crippen LogP contribution in [0.3, 0.4) is 0 Å². The number of amides is 1. The molecule has 1 fully saturated rings. The van der Waals surface area contributed by atoms with E-state index in [0.29, 0.717) is 6.54 Å². The van der Waals surface area contributed by atoms with Gasteiger partial charge >= 0.3 is 0 Å². The van der Waals surface area contributed by atoms with Gasteiger partial charge in [-0.3, -0.25) is 9.48 Å². The Kier molecular flexibility index (Phi) is 5.77. The van der Waals surface area contributed by atoms with Crippen molar-refractivity contribution < 1.29 is 4.79 Å². The number of rotatable bonds is 6. The molecule has 26 heavy (non-hydrogen) atoms. The van der Waals surface area contributed by atoms with Gasteiger partial charge in [0.1, 0.15) is 6.04 Å². The van der Waals surface area contributed by atoms with Crippen molar-refractivity contribution in [1.29, 1.82) is 0 Å². The Morgan fingerprint density at radius 2 is 2.08 bits per heavy atom. The number of carbonyl (C=O) groups excluding carboxylic acids is 1. The van der Waals surface area contributed by atoms with Crippen LogP contribution in [0, 0.1) is 6.92 Å². The second-order valence-corrected chi connectivity index (χ2v) is 7.60. The highest BCUT2D eigenvalue weighted by atomic mass is 16.2. The summed E-state index contributed by atoms with van der Waals surface area (Å²) in [5, 5.41) is 10.5. The van der Waals surface area contributed by atoms with Gasteiger partial charge in [0.25, 0.3) is 0 Å². The summed E-state index contributed by atoms with van der Waals surface area (Å²) in [4.78, 5) is 12.9. The lowest BCUT2D eigenvalue weighted by atomic mass is 9.69. The Morgan fingerprint density at radius 1 is 1.31 bits per heavy atom. The van der Waals surface area contributed by atoms with Crippen molar-refractivity contribution in [2.45, 2.75) is 50.5 Å². The Labute approximate surface area is 156 Å². The number of aromatic nitrogens is 2. The summed E-state index contributed by atoms with van der Waals surface area (Å²) < 4.78 is 1.72. The second kappa shape index (κ2) is 8.04. The Morgan fingerprint density at radius 3 is 2.69 bits per heavy atom. The Bertz CT molecular complexity index is 746. The predicted molar refractivity (Wildman–Crippen MR) is 104 cm³/mol. The van der Waals surface area contributed by atoms with E-state index in [1.165, 1.54) is 30.4 Å². The summed E-state index contributed by atoms with van der Waals surface area (Å²) >= 11 is 0. The first-order valence-corrected chi connectivity index (χ1v) is 9.55. The zero-order valence-corrected chi connectivity index (χ0v) is 16.1. The molecule has 1 aromatic carbocycles. The molecule has 1 aromatic heterocycles. The molecule has 2 aromatic rings. The lowest BCUT2D eigenvalue weighted by Gasteiger charge is -2.38. The topological polar surface area (TPSA) is 59.0 Å². The third kappa shape index (κ3) is 3.98. The molecule has 1 amide bonds. The van der Waals surface area contributed by atoms with Crippen molar-refractivity contribution in [3.63, 3.8) is 0 Å². The molecule has 0 bridgehead atoms. The van der Waals surface area contributed by atoms with Crippen LogP contribution in [-0.4, -0.2) is 29.3 Å². The Balaban J connectivity index is 1.76. The molecule has 1 unspecified atom stereocenters. The van der Waals surface area contributed by atoms with Crippen molar-refractivity contribution in [3.05, 3.63) is 53.3 Å². The fourth-order valence-electron chi connectivity index (χ4n) is 4.17. The lowest BCUT2D eigenvalue weighted by molar-refractivity contribution is -0.123. The summed E-state index contributed by atoms with van der Waals surface area (Å²) in [6.45, 7) is 2.83. The number of hydrogen-bond donors (Lipinski definition) is 2. The fraction of sp³-hybridized carbons (Fsp3) is 0.524. The van der Waals surface area contributed by atoms with Crippen molar-refractivity contribution in [1.82, 2.24) is 20.4 Å². The number of carbonyl (C=O) groups is 1. The van der Waals surface area contributed by atoms with Gasteiger partial charge < -0.3 is 10.6 Å². The third-order valence-electron chi connectivity index (χ3n) is 5.65. The number of hydrogen-bond acceptors (Lipinski definition) is 3. The Hall–Kier alpha value is -2.14. The highest BCUT2D eigenvalue weighted by molar-refractivity contribution is 5.83. The first kappa shape index (κ1) is 18.6. The monoisotopic (exact) mass is 354 g/mol. The minimum Gasteiger partial charge on any atom is -0.354 e. The van der Waals surface area contributed by atoms with Crippen LogP contribution in [0.1, 0.15) is 54.8 Å². The standard InChI is InChI=1S/C21H30N4O/c1-16-8-7-9-18(12-16)21(10-5-4-6-11-21)15-23-20(26)19(22-2)17-13-24-25(3)14-17/h7-9,12-14,19,22H,4-6,10-11,15H2,1-3H3,(H,23,26). The quantitative estimate of drug-likeness (QED) is 0.838. The van der Waals surface area contributed by atoms with Crippen molar-refractivity contribution >= 4 is 5.91 Å². The number of likely N-dealkylation sites (N-methyl/N-ethyl adjacent to an activating group) is 1. The number of nitrogens with one attached hydrogen (secondary N) is 2. The van der Waals surface area contributed by atoms with E-state index < -0.39 is 0 Å². The zero-order valence-electron chi connectivity index (χ0n) is 16.1. The van der Waals surface area contributed by atoms with Crippen LogP contribution < -0.4 is 10.6 Å². The average molecular weight is 354 g/mol. The molecular formula is C21H30N4O. The van der Waals surface area contributed by atoms with E-state index in [9.17, 15) is 4.79 Å². The molecule has 1 aliphatic carbocycles. The minimum absolute atomic E-state index is 0.0121. The number of benzene rings is 1. The molecule has 1 heterocycles. The zero-order chi connectivity index (χ0) is 18.6. The van der Waals surface area contributed by atoms with Crippen LogP contribution in [0.2, 0.25) is 0 Å². The van der Waals surface area contributed by atoms with E-state index >= 15 is 0 Å². The van der Waals surface area contributed by atoms with Crippen molar-refractivity contribution in [3.8, 4) is 0 Å². The van der Waals surface area contributed by atoms with Crippen molar-refractivity contribution in [2.75, 3.05) is 13.6 Å². The van der Waals surface area contributed by atoms with Gasteiger partial charge in [-0.15, -0.1) is 0 Å². The van der Waals surface area contributed by atoms with Gasteiger partial charge in [-0.05, 0) is 32.4 Å². The maximum absolute atomic E-state index is 12.9. The molecule has 5 nitrogen and oxygen atoms in total. The van der Waals surface area contributed by atoms with Gasteiger partial charge in [0.05, 0.1) is 6.20 Å². The maximum atomic E-state index is 12.9. The first-order valence-electron chi connectivity index (χ1n) is 9.55. The van der Waals surface area contributed by atoms with Gasteiger partial charge in [0.2, 0.25) is 5.91 Å². The third-order valence-corrected chi connectivity index (χ3v) is 5.65. The van der Waals surface area contributed by atoms with Crippen LogP contribution in [0.5, 0.6) is 0 Å². The van der Waals surface area contributed by atoms with Gasteiger partial charge in [0.15, 0.2) is 0 Å². The van der Waals surface area contributed by atoms with Gasteiger partial charge in [-0.1, -0.05) is 49.1 Å². The van der Waals surface area contributed by atoms with Gasteiger partial charge in [0, 0.05) is 30.8 Å². The highest BCUT2D eigenvalue weighted by Gasteiger charge is 2.35. The number of aryl methyl sites for hydroxylation is 2.